The molecule has 0 aromatic rings. The summed E-state index contributed by atoms with van der Waals surface area (Å²) in [5.74, 6) is 0.655. The van der Waals surface area contributed by atoms with Crippen LogP contribution in [0.4, 0.5) is 0 Å². The number of hydrogen-bond donors (Lipinski definition) is 1. The Hall–Kier alpha value is -0.940. The number of hydrogen-bond acceptors (Lipinski definition) is 4. The van der Waals surface area contributed by atoms with Crippen LogP contribution in [-0.4, -0.2) is 44.7 Å². The number of ether oxygens (including phenoxy) is 2. The molecule has 0 heterocycles. The number of Topliss-reactive ketones (excluding diaryl/α,β-unsaturated/α-hetero) is 1. The summed E-state index contributed by atoms with van der Waals surface area (Å²) in [7, 11) is 0. The van der Waals surface area contributed by atoms with E-state index in [2.05, 4.69) is 5.32 Å². The van der Waals surface area contributed by atoms with Crippen LogP contribution < -0.4 is 5.32 Å². The van der Waals surface area contributed by atoms with E-state index in [4.69, 9.17) is 9.47 Å². The van der Waals surface area contributed by atoms with Crippen molar-refractivity contribution in [2.45, 2.75) is 40.0 Å². The fourth-order valence-corrected chi connectivity index (χ4v) is 1.39. The van der Waals surface area contributed by atoms with Crippen LogP contribution in [-0.2, 0) is 19.1 Å². The second kappa shape index (κ2) is 12.1. The van der Waals surface area contributed by atoms with Crippen molar-refractivity contribution < 1.29 is 19.1 Å². The summed E-state index contributed by atoms with van der Waals surface area (Å²) in [5, 5.41) is 2.79. The van der Waals surface area contributed by atoms with Crippen molar-refractivity contribution in [1.82, 2.24) is 5.32 Å². The first kappa shape index (κ1) is 18.1. The SMILES string of the molecule is CCC(=O)CCOCCOCCNC(=O)CC(C)C. The van der Waals surface area contributed by atoms with Gasteiger partial charge in [0.25, 0.3) is 0 Å². The van der Waals surface area contributed by atoms with Gasteiger partial charge in [-0.2, -0.15) is 0 Å². The molecule has 0 aliphatic rings. The molecule has 0 aliphatic heterocycles. The van der Waals surface area contributed by atoms with Gasteiger partial charge < -0.3 is 14.8 Å². The highest BCUT2D eigenvalue weighted by atomic mass is 16.5. The zero-order valence-corrected chi connectivity index (χ0v) is 12.4. The van der Waals surface area contributed by atoms with Gasteiger partial charge in [0.05, 0.1) is 26.4 Å². The topological polar surface area (TPSA) is 64.6 Å². The third-order valence-corrected chi connectivity index (χ3v) is 2.45. The molecular weight excluding hydrogens is 246 g/mol. The Bertz CT molecular complexity index is 254. The van der Waals surface area contributed by atoms with Crippen molar-refractivity contribution in [3.05, 3.63) is 0 Å². The zero-order valence-electron chi connectivity index (χ0n) is 12.4. The van der Waals surface area contributed by atoms with Crippen LogP contribution in [0.5, 0.6) is 0 Å². The average Bonchev–Trinajstić information content (AvgIpc) is 2.35. The van der Waals surface area contributed by atoms with Crippen molar-refractivity contribution in [2.24, 2.45) is 5.92 Å². The number of carbonyl (C=O) groups excluding carboxylic acids is 2. The fourth-order valence-electron chi connectivity index (χ4n) is 1.39. The highest BCUT2D eigenvalue weighted by Crippen LogP contribution is 1.97. The molecule has 0 unspecified atom stereocenters. The summed E-state index contributed by atoms with van der Waals surface area (Å²) in [4.78, 5) is 22.3. The van der Waals surface area contributed by atoms with Crippen molar-refractivity contribution in [1.29, 1.82) is 0 Å². The van der Waals surface area contributed by atoms with E-state index < -0.39 is 0 Å². The zero-order chi connectivity index (χ0) is 14.5. The summed E-state index contributed by atoms with van der Waals surface area (Å²) in [6, 6.07) is 0. The van der Waals surface area contributed by atoms with E-state index in [1.165, 1.54) is 0 Å². The van der Waals surface area contributed by atoms with Gasteiger partial charge in [0.15, 0.2) is 0 Å². The lowest BCUT2D eigenvalue weighted by atomic mass is 10.1. The first-order chi connectivity index (χ1) is 9.06. The van der Waals surface area contributed by atoms with Crippen molar-refractivity contribution in [3.8, 4) is 0 Å². The molecule has 0 aromatic carbocycles. The van der Waals surface area contributed by atoms with Gasteiger partial charge in [0.1, 0.15) is 5.78 Å². The van der Waals surface area contributed by atoms with Gasteiger partial charge in [-0.25, -0.2) is 0 Å². The molecule has 1 N–H and O–H groups in total. The third kappa shape index (κ3) is 13.3. The van der Waals surface area contributed by atoms with Gasteiger partial charge in [-0.15, -0.1) is 0 Å². The maximum absolute atomic E-state index is 11.3. The maximum atomic E-state index is 11.3. The van der Waals surface area contributed by atoms with Gasteiger partial charge in [-0.05, 0) is 5.92 Å². The standard InChI is InChI=1S/C14H27NO4/c1-4-13(16)5-7-18-9-10-19-8-6-15-14(17)11-12(2)3/h12H,4-11H2,1-3H3,(H,15,17). The van der Waals surface area contributed by atoms with E-state index in [-0.39, 0.29) is 11.7 Å². The normalized spacial score (nSPS) is 10.7. The summed E-state index contributed by atoms with van der Waals surface area (Å²) in [6.45, 7) is 8.31. The van der Waals surface area contributed by atoms with E-state index >= 15 is 0 Å². The quantitative estimate of drug-likeness (QED) is 0.548. The molecule has 19 heavy (non-hydrogen) atoms. The van der Waals surface area contributed by atoms with E-state index in [0.29, 0.717) is 58.2 Å². The molecule has 0 rings (SSSR count). The molecule has 0 atom stereocenters. The third-order valence-electron chi connectivity index (χ3n) is 2.45. The Morgan fingerprint density at radius 3 is 2.26 bits per heavy atom. The highest BCUT2D eigenvalue weighted by Gasteiger charge is 2.03. The monoisotopic (exact) mass is 273 g/mol. The van der Waals surface area contributed by atoms with E-state index in [9.17, 15) is 9.59 Å². The molecule has 1 amide bonds. The molecule has 0 saturated heterocycles. The lowest BCUT2D eigenvalue weighted by Crippen LogP contribution is -2.28. The van der Waals surface area contributed by atoms with Crippen LogP contribution in [0.1, 0.15) is 40.0 Å². The Morgan fingerprint density at radius 1 is 1.05 bits per heavy atom. The fraction of sp³-hybridized carbons (Fsp3) is 0.857. The van der Waals surface area contributed by atoms with Crippen molar-refractivity contribution in [2.75, 3.05) is 33.0 Å². The van der Waals surface area contributed by atoms with E-state index in [0.717, 1.165) is 0 Å². The molecule has 0 bridgehead atoms. The van der Waals surface area contributed by atoms with Crippen LogP contribution >= 0.6 is 0 Å². The molecule has 0 spiro atoms. The maximum Gasteiger partial charge on any atom is 0.220 e. The molecular formula is C14H27NO4. The molecule has 5 nitrogen and oxygen atoms in total. The minimum absolute atomic E-state index is 0.0629. The highest BCUT2D eigenvalue weighted by molar-refractivity contribution is 5.78. The van der Waals surface area contributed by atoms with Crippen LogP contribution in [0, 0.1) is 5.92 Å². The first-order valence-electron chi connectivity index (χ1n) is 7.00. The predicted octanol–water partition coefficient (Wildman–Crippen LogP) is 1.55. The number of rotatable bonds is 12. The van der Waals surface area contributed by atoms with Crippen molar-refractivity contribution >= 4 is 11.7 Å². The lowest BCUT2D eigenvalue weighted by molar-refractivity contribution is -0.122. The van der Waals surface area contributed by atoms with Crippen LogP contribution in [0.15, 0.2) is 0 Å². The Labute approximate surface area is 116 Å². The first-order valence-corrected chi connectivity index (χ1v) is 7.00. The second-order valence-electron chi connectivity index (χ2n) is 4.81. The Morgan fingerprint density at radius 2 is 1.68 bits per heavy atom. The van der Waals surface area contributed by atoms with Gasteiger partial charge in [-0.1, -0.05) is 20.8 Å². The number of carbonyl (C=O) groups is 2. The molecule has 0 saturated carbocycles. The summed E-state index contributed by atoms with van der Waals surface area (Å²) in [6.07, 6.45) is 1.59. The molecule has 0 fully saturated rings. The summed E-state index contributed by atoms with van der Waals surface area (Å²) >= 11 is 0. The molecule has 0 aromatic heterocycles. The van der Waals surface area contributed by atoms with Crippen LogP contribution in [0.2, 0.25) is 0 Å². The molecule has 112 valence electrons. The largest absolute Gasteiger partial charge is 0.379 e. The summed E-state index contributed by atoms with van der Waals surface area (Å²) in [5.41, 5.74) is 0. The van der Waals surface area contributed by atoms with E-state index in [1.807, 2.05) is 20.8 Å². The van der Waals surface area contributed by atoms with Crippen LogP contribution in [0.3, 0.4) is 0 Å². The minimum Gasteiger partial charge on any atom is -0.379 e. The molecule has 5 heteroatoms. The van der Waals surface area contributed by atoms with Crippen molar-refractivity contribution in [3.63, 3.8) is 0 Å². The minimum atomic E-state index is 0.0629. The van der Waals surface area contributed by atoms with Gasteiger partial charge in [-0.3, -0.25) is 9.59 Å². The van der Waals surface area contributed by atoms with Gasteiger partial charge >= 0.3 is 0 Å². The van der Waals surface area contributed by atoms with Gasteiger partial charge in [0, 0.05) is 25.8 Å². The molecule has 0 aliphatic carbocycles. The number of ketones is 1. The summed E-state index contributed by atoms with van der Waals surface area (Å²) < 4.78 is 10.6. The smallest absolute Gasteiger partial charge is 0.220 e. The Balaban J connectivity index is 3.19. The lowest BCUT2D eigenvalue weighted by Gasteiger charge is -2.08. The van der Waals surface area contributed by atoms with E-state index in [1.54, 1.807) is 0 Å². The molecule has 0 radical (unpaired) electrons. The predicted molar refractivity (Wildman–Crippen MR) is 74.0 cm³/mol. The second-order valence-corrected chi connectivity index (χ2v) is 4.81. The van der Waals surface area contributed by atoms with Crippen LogP contribution in [0.25, 0.3) is 0 Å². The Kier molecular flexibility index (Phi) is 11.5. The number of nitrogens with one attached hydrogen (secondary N) is 1. The van der Waals surface area contributed by atoms with Gasteiger partial charge in [0.2, 0.25) is 5.91 Å². The average molecular weight is 273 g/mol. The number of amides is 1.